The Morgan fingerprint density at radius 3 is 2.77 bits per heavy atom. The van der Waals surface area contributed by atoms with Crippen LogP contribution >= 0.6 is 0 Å². The number of nitrogens with two attached hydrogens (primary N) is 1. The van der Waals surface area contributed by atoms with Crippen LogP contribution in [0.2, 0.25) is 0 Å². The number of aliphatic hydroxyl groups excluding tert-OH is 1. The molecule has 10 nitrogen and oxygen atoms in total. The first kappa shape index (κ1) is 26.0. The standard InChI is InChI=1S/C28H34N6O4S/c1-28(2)7-5-23-22(13-28)27(32-17-31-23)33-9-10-38-24-4-3-18(11-20(24)15-33)19-12-25(26(29)30-14-19)39(36,37)34-8-6-21(35)16-34/h3-4,11-12,14,17,21,35H,5-10,13,15-16H2,1-2H3,(H2,29,30). The lowest BCUT2D eigenvalue weighted by molar-refractivity contribution is 0.189. The molecule has 206 valence electrons. The van der Waals surface area contributed by atoms with Crippen molar-refractivity contribution in [3.05, 3.63) is 53.6 Å². The van der Waals surface area contributed by atoms with Gasteiger partial charge in [0.05, 0.1) is 12.6 Å². The summed E-state index contributed by atoms with van der Waals surface area (Å²) in [6.07, 6.45) is 5.98. The fourth-order valence-corrected chi connectivity index (χ4v) is 7.36. The zero-order valence-electron chi connectivity index (χ0n) is 22.3. The van der Waals surface area contributed by atoms with E-state index in [0.717, 1.165) is 47.7 Å². The number of aliphatic hydroxyl groups is 1. The lowest BCUT2D eigenvalue weighted by Gasteiger charge is -2.33. The van der Waals surface area contributed by atoms with Gasteiger partial charge in [0.2, 0.25) is 10.0 Å². The number of anilines is 2. The Bertz CT molecular complexity index is 1530. The number of fused-ring (bicyclic) bond motifs is 2. The molecule has 3 N–H and O–H groups in total. The van der Waals surface area contributed by atoms with Gasteiger partial charge < -0.3 is 20.5 Å². The Morgan fingerprint density at radius 1 is 1.13 bits per heavy atom. The second-order valence-electron chi connectivity index (χ2n) is 11.5. The molecule has 6 rings (SSSR count). The molecule has 2 aromatic heterocycles. The molecule has 3 aliphatic rings. The Hall–Kier alpha value is -3.28. The third-order valence-electron chi connectivity index (χ3n) is 8.00. The summed E-state index contributed by atoms with van der Waals surface area (Å²) in [5.41, 5.74) is 11.0. The first-order valence-corrected chi connectivity index (χ1v) is 14.8. The maximum Gasteiger partial charge on any atom is 0.246 e. The molecule has 0 spiro atoms. The minimum Gasteiger partial charge on any atom is -0.491 e. The average molecular weight is 551 g/mol. The van der Waals surface area contributed by atoms with E-state index in [1.807, 2.05) is 18.2 Å². The van der Waals surface area contributed by atoms with Crippen LogP contribution in [0, 0.1) is 5.41 Å². The number of β-amino-alcohol motifs (C(OH)–C–C–N with tert-alkyl or cyclic N) is 1. The van der Waals surface area contributed by atoms with Gasteiger partial charge in [-0.05, 0) is 54.9 Å². The number of aromatic nitrogens is 3. The summed E-state index contributed by atoms with van der Waals surface area (Å²) in [5.74, 6) is 1.71. The SMILES string of the molecule is CC1(C)CCc2ncnc(N3CCOc4ccc(-c5cnc(N)c(S(=O)(=O)N6CCC(O)C6)c5)cc4C3)c2C1. The van der Waals surface area contributed by atoms with Crippen molar-refractivity contribution in [2.24, 2.45) is 5.41 Å². The van der Waals surface area contributed by atoms with Gasteiger partial charge in [0, 0.05) is 48.2 Å². The summed E-state index contributed by atoms with van der Waals surface area (Å²) in [6, 6.07) is 7.43. The van der Waals surface area contributed by atoms with Crippen LogP contribution in [-0.4, -0.2) is 65.1 Å². The zero-order valence-corrected chi connectivity index (χ0v) is 23.1. The molecule has 39 heavy (non-hydrogen) atoms. The molecule has 0 bridgehead atoms. The number of pyridine rings is 1. The van der Waals surface area contributed by atoms with Gasteiger partial charge in [-0.25, -0.2) is 23.4 Å². The molecule has 0 radical (unpaired) electrons. The predicted molar refractivity (Wildman–Crippen MR) is 148 cm³/mol. The highest BCUT2D eigenvalue weighted by molar-refractivity contribution is 7.89. The summed E-state index contributed by atoms with van der Waals surface area (Å²) in [5, 5.41) is 9.87. The van der Waals surface area contributed by atoms with Gasteiger partial charge in [0.1, 0.15) is 35.2 Å². The number of rotatable bonds is 4. The summed E-state index contributed by atoms with van der Waals surface area (Å²) in [6.45, 7) is 6.72. The lowest BCUT2D eigenvalue weighted by Crippen LogP contribution is -2.31. The zero-order chi connectivity index (χ0) is 27.4. The molecule has 1 saturated heterocycles. The molecule has 1 unspecified atom stereocenters. The number of benzene rings is 1. The Kier molecular flexibility index (Phi) is 6.47. The van der Waals surface area contributed by atoms with E-state index in [1.54, 1.807) is 18.6 Å². The molecule has 4 heterocycles. The molecular formula is C28H34N6O4S. The van der Waals surface area contributed by atoms with E-state index >= 15 is 0 Å². The average Bonchev–Trinajstić information content (AvgIpc) is 3.24. The van der Waals surface area contributed by atoms with Crippen LogP contribution < -0.4 is 15.4 Å². The van der Waals surface area contributed by atoms with E-state index in [-0.39, 0.29) is 29.2 Å². The van der Waals surface area contributed by atoms with Crippen molar-refractivity contribution in [1.82, 2.24) is 19.3 Å². The predicted octanol–water partition coefficient (Wildman–Crippen LogP) is 2.79. The Labute approximate surface area is 228 Å². The fraction of sp³-hybridized carbons (Fsp3) is 0.464. The van der Waals surface area contributed by atoms with Crippen molar-refractivity contribution in [3.63, 3.8) is 0 Å². The van der Waals surface area contributed by atoms with Gasteiger partial charge in [0.15, 0.2) is 0 Å². The first-order chi connectivity index (χ1) is 18.6. The van der Waals surface area contributed by atoms with Crippen molar-refractivity contribution < 1.29 is 18.3 Å². The van der Waals surface area contributed by atoms with Gasteiger partial charge in [-0.15, -0.1) is 0 Å². The number of nitrogens with zero attached hydrogens (tertiary/aromatic N) is 5. The van der Waals surface area contributed by atoms with Gasteiger partial charge in [-0.2, -0.15) is 4.31 Å². The molecule has 1 fully saturated rings. The van der Waals surface area contributed by atoms with Crippen LogP contribution in [0.5, 0.6) is 5.75 Å². The molecule has 2 aliphatic heterocycles. The quantitative estimate of drug-likeness (QED) is 0.503. The van der Waals surface area contributed by atoms with E-state index < -0.39 is 16.1 Å². The molecule has 11 heteroatoms. The largest absolute Gasteiger partial charge is 0.491 e. The van der Waals surface area contributed by atoms with E-state index in [9.17, 15) is 13.5 Å². The highest BCUT2D eigenvalue weighted by Gasteiger charge is 2.34. The van der Waals surface area contributed by atoms with E-state index in [2.05, 4.69) is 28.7 Å². The van der Waals surface area contributed by atoms with Crippen LogP contribution in [0.3, 0.4) is 0 Å². The van der Waals surface area contributed by atoms with Crippen molar-refractivity contribution in [2.75, 3.05) is 36.9 Å². The normalized spacial score (nSPS) is 21.1. The molecular weight excluding hydrogens is 516 g/mol. The van der Waals surface area contributed by atoms with Gasteiger partial charge >= 0.3 is 0 Å². The number of ether oxygens (including phenoxy) is 1. The highest BCUT2D eigenvalue weighted by Crippen LogP contribution is 2.39. The number of hydrogen-bond acceptors (Lipinski definition) is 9. The number of sulfonamides is 1. The molecule has 3 aromatic rings. The van der Waals surface area contributed by atoms with Crippen molar-refractivity contribution in [2.45, 2.75) is 57.1 Å². The first-order valence-electron chi connectivity index (χ1n) is 13.4. The Morgan fingerprint density at radius 2 is 1.97 bits per heavy atom. The summed E-state index contributed by atoms with van der Waals surface area (Å²) < 4.78 is 33.9. The Balaban J connectivity index is 1.33. The molecule has 0 amide bonds. The number of nitrogen functional groups attached to an aromatic ring is 1. The topological polar surface area (TPSA) is 135 Å². The summed E-state index contributed by atoms with van der Waals surface area (Å²) >= 11 is 0. The van der Waals surface area contributed by atoms with Crippen LogP contribution in [0.15, 0.2) is 41.7 Å². The maximum absolute atomic E-state index is 13.3. The summed E-state index contributed by atoms with van der Waals surface area (Å²) in [4.78, 5) is 15.7. The number of aryl methyl sites for hydroxylation is 1. The van der Waals surface area contributed by atoms with Crippen molar-refractivity contribution in [1.29, 1.82) is 0 Å². The minimum absolute atomic E-state index is 0.0443. The van der Waals surface area contributed by atoms with Crippen molar-refractivity contribution in [3.8, 4) is 16.9 Å². The van der Waals surface area contributed by atoms with E-state index in [1.165, 1.54) is 9.87 Å². The van der Waals surface area contributed by atoms with Crippen LogP contribution in [0.4, 0.5) is 11.6 Å². The minimum atomic E-state index is -3.88. The van der Waals surface area contributed by atoms with Gasteiger partial charge in [-0.3, -0.25) is 0 Å². The molecule has 1 aromatic carbocycles. The van der Waals surface area contributed by atoms with Gasteiger partial charge in [-0.1, -0.05) is 19.9 Å². The van der Waals surface area contributed by atoms with E-state index in [4.69, 9.17) is 15.5 Å². The monoisotopic (exact) mass is 550 g/mol. The lowest BCUT2D eigenvalue weighted by atomic mass is 9.76. The summed E-state index contributed by atoms with van der Waals surface area (Å²) in [7, 11) is -3.88. The molecule has 1 aliphatic carbocycles. The smallest absolute Gasteiger partial charge is 0.246 e. The van der Waals surface area contributed by atoms with Gasteiger partial charge in [0.25, 0.3) is 0 Å². The van der Waals surface area contributed by atoms with Crippen LogP contribution in [-0.2, 0) is 29.4 Å². The van der Waals surface area contributed by atoms with Crippen LogP contribution in [0.1, 0.15) is 43.5 Å². The maximum atomic E-state index is 13.3. The number of hydrogen-bond donors (Lipinski definition) is 2. The fourth-order valence-electron chi connectivity index (χ4n) is 5.77. The third-order valence-corrected chi connectivity index (χ3v) is 9.90. The highest BCUT2D eigenvalue weighted by atomic mass is 32.2. The second kappa shape index (κ2) is 9.72. The van der Waals surface area contributed by atoms with Crippen molar-refractivity contribution >= 4 is 21.7 Å². The van der Waals surface area contributed by atoms with Crippen LogP contribution in [0.25, 0.3) is 11.1 Å². The molecule has 0 saturated carbocycles. The second-order valence-corrected chi connectivity index (χ2v) is 13.4. The molecule has 1 atom stereocenters. The van der Waals surface area contributed by atoms with E-state index in [0.29, 0.717) is 31.7 Å². The third kappa shape index (κ3) is 4.94.